The zero-order chi connectivity index (χ0) is 24.5. The number of hydrogen-bond acceptors (Lipinski definition) is 8. The number of terminal acetylenes is 1. The van der Waals surface area contributed by atoms with Gasteiger partial charge in [-0.05, 0) is 51.4 Å². The summed E-state index contributed by atoms with van der Waals surface area (Å²) in [4.78, 5) is 15.6. The number of hydrogen-bond donors (Lipinski definition) is 3. The Labute approximate surface area is 205 Å². The Morgan fingerprint density at radius 2 is 2.06 bits per heavy atom. The highest BCUT2D eigenvalue weighted by Crippen LogP contribution is 2.32. The van der Waals surface area contributed by atoms with Gasteiger partial charge in [-0.1, -0.05) is 48.5 Å². The van der Waals surface area contributed by atoms with Crippen LogP contribution in [0.2, 0.25) is 0 Å². The van der Waals surface area contributed by atoms with E-state index in [1.165, 1.54) is 23.2 Å². The third-order valence-corrected chi connectivity index (χ3v) is 6.52. The van der Waals surface area contributed by atoms with Crippen LogP contribution in [0.25, 0.3) is 10.3 Å². The monoisotopic (exact) mass is 476 g/mol. The van der Waals surface area contributed by atoms with E-state index in [0.717, 1.165) is 45.7 Å². The van der Waals surface area contributed by atoms with Crippen LogP contribution >= 0.6 is 11.3 Å². The number of nitrogens with zero attached hydrogens (tertiary/aromatic N) is 4. The van der Waals surface area contributed by atoms with E-state index < -0.39 is 0 Å². The Bertz CT molecular complexity index is 1190. The SMILES string of the molecule is C#C/C(=C/C)C/C=C(\C)Nc1ncnc2nc(Nc3ccc(CN(CC)[C@@H](C)CO)cc3)sc12. The van der Waals surface area contributed by atoms with E-state index in [2.05, 4.69) is 55.5 Å². The zero-order valence-electron chi connectivity index (χ0n) is 20.2. The van der Waals surface area contributed by atoms with Gasteiger partial charge in [0.05, 0.1) is 6.61 Å². The molecule has 3 N–H and O–H groups in total. The fourth-order valence-electron chi connectivity index (χ4n) is 3.40. The maximum absolute atomic E-state index is 9.44. The summed E-state index contributed by atoms with van der Waals surface area (Å²) in [5, 5.41) is 16.9. The maximum Gasteiger partial charge on any atom is 0.189 e. The first-order valence-electron chi connectivity index (χ1n) is 11.3. The van der Waals surface area contributed by atoms with E-state index in [1.54, 1.807) is 0 Å². The molecule has 34 heavy (non-hydrogen) atoms. The van der Waals surface area contributed by atoms with Crippen LogP contribution in [0.15, 0.2) is 54.0 Å². The second-order valence-electron chi connectivity index (χ2n) is 7.99. The molecule has 0 unspecified atom stereocenters. The van der Waals surface area contributed by atoms with Crippen LogP contribution in [-0.2, 0) is 6.54 Å². The van der Waals surface area contributed by atoms with Crippen molar-refractivity contribution in [1.29, 1.82) is 0 Å². The second kappa shape index (κ2) is 12.3. The Morgan fingerprint density at radius 3 is 2.71 bits per heavy atom. The van der Waals surface area contributed by atoms with Gasteiger partial charge in [-0.15, -0.1) is 6.42 Å². The standard InChI is InChI=1S/C26H32N6OS/c1-6-20(7-2)10-9-18(4)29-24-23-25(28-17-27-24)31-26(34-23)30-22-13-11-21(12-14-22)15-32(8-3)19(5)16-33/h1,7,9,11-14,17,19,33H,8,10,15-16H2,2-5H3,(H2,27,28,29,30,31)/b18-9+,20-7-/t19-/m0/s1. The van der Waals surface area contributed by atoms with E-state index >= 15 is 0 Å². The molecule has 0 amide bonds. The molecule has 3 aromatic rings. The summed E-state index contributed by atoms with van der Waals surface area (Å²) < 4.78 is 0.883. The summed E-state index contributed by atoms with van der Waals surface area (Å²) in [5.41, 5.74) is 4.69. The normalized spacial score (nSPS) is 13.2. The van der Waals surface area contributed by atoms with Crippen LogP contribution in [0.3, 0.4) is 0 Å². The average Bonchev–Trinajstić information content (AvgIpc) is 3.27. The predicted octanol–water partition coefficient (Wildman–Crippen LogP) is 5.32. The number of likely N-dealkylation sites (N-methyl/N-ethyl adjacent to an activating group) is 1. The highest BCUT2D eigenvalue weighted by Gasteiger charge is 2.13. The number of aliphatic hydroxyl groups is 1. The van der Waals surface area contributed by atoms with Gasteiger partial charge in [-0.25, -0.2) is 9.97 Å². The molecule has 0 radical (unpaired) electrons. The maximum atomic E-state index is 9.44. The number of allylic oxidation sites excluding steroid dienone is 4. The molecule has 3 rings (SSSR count). The number of aliphatic hydroxyl groups excluding tert-OH is 1. The highest BCUT2D eigenvalue weighted by atomic mass is 32.1. The van der Waals surface area contributed by atoms with Crippen molar-refractivity contribution in [2.45, 2.75) is 46.7 Å². The van der Waals surface area contributed by atoms with Crippen molar-refractivity contribution in [3.05, 3.63) is 59.6 Å². The van der Waals surface area contributed by atoms with Crippen molar-refractivity contribution in [2.75, 3.05) is 23.8 Å². The summed E-state index contributed by atoms with van der Waals surface area (Å²) in [6.45, 7) is 9.91. The van der Waals surface area contributed by atoms with Crippen LogP contribution in [-0.4, -0.2) is 44.2 Å². The molecule has 1 atom stereocenters. The van der Waals surface area contributed by atoms with Gasteiger partial charge in [0.2, 0.25) is 0 Å². The number of aromatic nitrogens is 3. The first kappa shape index (κ1) is 25.4. The number of fused-ring (bicyclic) bond motifs is 1. The fourth-order valence-corrected chi connectivity index (χ4v) is 4.29. The molecule has 2 aromatic heterocycles. The van der Waals surface area contributed by atoms with Gasteiger partial charge in [0.25, 0.3) is 0 Å². The van der Waals surface area contributed by atoms with Gasteiger partial charge >= 0.3 is 0 Å². The number of anilines is 3. The smallest absolute Gasteiger partial charge is 0.189 e. The molecule has 8 heteroatoms. The molecular weight excluding hydrogens is 444 g/mol. The average molecular weight is 477 g/mol. The van der Waals surface area contributed by atoms with Crippen LogP contribution in [0.1, 0.15) is 39.7 Å². The molecule has 0 saturated carbocycles. The lowest BCUT2D eigenvalue weighted by molar-refractivity contribution is 0.134. The van der Waals surface area contributed by atoms with Crippen LogP contribution in [0, 0.1) is 12.3 Å². The Hall–Kier alpha value is -3.25. The molecule has 0 saturated heterocycles. The third kappa shape index (κ3) is 6.64. The van der Waals surface area contributed by atoms with E-state index in [0.29, 0.717) is 12.1 Å². The van der Waals surface area contributed by atoms with E-state index in [1.807, 2.05) is 45.1 Å². The Morgan fingerprint density at radius 1 is 1.29 bits per heavy atom. The lowest BCUT2D eigenvalue weighted by Crippen LogP contribution is -2.34. The zero-order valence-corrected chi connectivity index (χ0v) is 21.0. The summed E-state index contributed by atoms with van der Waals surface area (Å²) in [6, 6.07) is 8.41. The summed E-state index contributed by atoms with van der Waals surface area (Å²) in [5.74, 6) is 3.41. The first-order valence-corrected chi connectivity index (χ1v) is 12.2. The van der Waals surface area contributed by atoms with Crippen molar-refractivity contribution in [3.8, 4) is 12.3 Å². The van der Waals surface area contributed by atoms with Crippen molar-refractivity contribution in [3.63, 3.8) is 0 Å². The minimum Gasteiger partial charge on any atom is -0.395 e. The van der Waals surface area contributed by atoms with Crippen LogP contribution < -0.4 is 10.6 Å². The molecule has 178 valence electrons. The first-order chi connectivity index (χ1) is 16.5. The topological polar surface area (TPSA) is 86.2 Å². The lowest BCUT2D eigenvalue weighted by Gasteiger charge is -2.26. The highest BCUT2D eigenvalue weighted by molar-refractivity contribution is 7.22. The van der Waals surface area contributed by atoms with Gasteiger partial charge < -0.3 is 15.7 Å². The van der Waals surface area contributed by atoms with E-state index in [9.17, 15) is 5.11 Å². The second-order valence-corrected chi connectivity index (χ2v) is 8.98. The van der Waals surface area contributed by atoms with Gasteiger partial charge in [0, 0.05) is 29.5 Å². The van der Waals surface area contributed by atoms with Gasteiger partial charge in [0.1, 0.15) is 11.0 Å². The van der Waals surface area contributed by atoms with Crippen molar-refractivity contribution in [2.24, 2.45) is 0 Å². The molecule has 0 fully saturated rings. The number of thiazole rings is 1. The molecule has 0 aliphatic heterocycles. The minimum atomic E-state index is 0.135. The third-order valence-electron chi connectivity index (χ3n) is 5.55. The fraction of sp³-hybridized carbons (Fsp3) is 0.346. The van der Waals surface area contributed by atoms with Gasteiger partial charge in [-0.3, -0.25) is 4.90 Å². The van der Waals surface area contributed by atoms with E-state index in [4.69, 9.17) is 6.42 Å². The minimum absolute atomic E-state index is 0.135. The molecule has 0 bridgehead atoms. The van der Waals surface area contributed by atoms with Crippen molar-refractivity contribution in [1.82, 2.24) is 19.9 Å². The molecule has 7 nitrogen and oxygen atoms in total. The van der Waals surface area contributed by atoms with Crippen LogP contribution in [0.5, 0.6) is 0 Å². The molecule has 2 heterocycles. The summed E-state index contributed by atoms with van der Waals surface area (Å²) in [6.07, 6.45) is 11.7. The number of nitrogens with one attached hydrogen (secondary N) is 2. The molecule has 0 aliphatic rings. The van der Waals surface area contributed by atoms with Crippen molar-refractivity contribution >= 4 is 38.3 Å². The Kier molecular flexibility index (Phi) is 9.16. The van der Waals surface area contributed by atoms with Gasteiger partial charge in [0.15, 0.2) is 16.6 Å². The molecule has 1 aromatic carbocycles. The quantitative estimate of drug-likeness (QED) is 0.323. The van der Waals surface area contributed by atoms with Crippen LogP contribution in [0.4, 0.5) is 16.6 Å². The molecule has 0 aliphatic carbocycles. The Balaban J connectivity index is 1.71. The molecular formula is C26H32N6OS. The van der Waals surface area contributed by atoms with Gasteiger partial charge in [-0.2, -0.15) is 4.98 Å². The number of benzene rings is 1. The predicted molar refractivity (Wildman–Crippen MR) is 142 cm³/mol. The molecule has 0 spiro atoms. The summed E-state index contributed by atoms with van der Waals surface area (Å²) >= 11 is 1.50. The summed E-state index contributed by atoms with van der Waals surface area (Å²) in [7, 11) is 0. The number of rotatable bonds is 11. The van der Waals surface area contributed by atoms with E-state index in [-0.39, 0.29) is 12.6 Å². The largest absolute Gasteiger partial charge is 0.395 e. The lowest BCUT2D eigenvalue weighted by atomic mass is 10.1. The van der Waals surface area contributed by atoms with Crippen molar-refractivity contribution < 1.29 is 5.11 Å².